The third-order valence-corrected chi connectivity index (χ3v) is 5.66. The lowest BCUT2D eigenvalue weighted by Crippen LogP contribution is -2.41. The van der Waals surface area contributed by atoms with Gasteiger partial charge in [0, 0.05) is 62.2 Å². The molecule has 0 unspecified atom stereocenters. The second kappa shape index (κ2) is 7.80. The molecular weight excluding hydrogens is 346 g/mol. The number of morpholine rings is 1. The van der Waals surface area contributed by atoms with E-state index in [0.717, 1.165) is 32.8 Å². The van der Waals surface area contributed by atoms with Crippen molar-refractivity contribution < 1.29 is 14.6 Å². The molecule has 7 heteroatoms. The molecule has 0 radical (unpaired) electrons. The zero-order valence-electron chi connectivity index (χ0n) is 15.3. The molecule has 4 rings (SSSR count). The Morgan fingerprint density at radius 1 is 1.19 bits per heavy atom. The number of benzene rings is 1. The summed E-state index contributed by atoms with van der Waals surface area (Å²) in [7, 11) is 0. The molecule has 2 aliphatic rings. The molecule has 0 bridgehead atoms. The number of nitrogens with one attached hydrogen (secondary N) is 1. The average Bonchev–Trinajstić information content (AvgIpc) is 3.11. The van der Waals surface area contributed by atoms with Gasteiger partial charge in [0.15, 0.2) is 5.43 Å². The molecule has 2 fully saturated rings. The summed E-state index contributed by atoms with van der Waals surface area (Å²) in [6, 6.07) is 8.58. The molecule has 7 nitrogen and oxygen atoms in total. The minimum atomic E-state index is -0.180. The predicted octanol–water partition coefficient (Wildman–Crippen LogP) is 0.541. The maximum Gasteiger partial charge on any atom is 0.270 e. The van der Waals surface area contributed by atoms with Gasteiger partial charge >= 0.3 is 0 Å². The molecule has 2 atom stereocenters. The topological polar surface area (TPSA) is 85.9 Å². The van der Waals surface area contributed by atoms with Crippen molar-refractivity contribution in [1.29, 1.82) is 0 Å². The highest BCUT2D eigenvalue weighted by atomic mass is 16.5. The van der Waals surface area contributed by atoms with Gasteiger partial charge in [-0.1, -0.05) is 12.1 Å². The van der Waals surface area contributed by atoms with E-state index in [0.29, 0.717) is 29.7 Å². The van der Waals surface area contributed by atoms with Crippen LogP contribution in [-0.2, 0) is 4.74 Å². The van der Waals surface area contributed by atoms with Crippen LogP contribution in [-0.4, -0.2) is 78.3 Å². The Morgan fingerprint density at radius 3 is 2.70 bits per heavy atom. The Morgan fingerprint density at radius 2 is 1.93 bits per heavy atom. The maximum absolute atomic E-state index is 13.0. The van der Waals surface area contributed by atoms with Gasteiger partial charge in [0.2, 0.25) is 0 Å². The van der Waals surface area contributed by atoms with Crippen molar-refractivity contribution >= 4 is 16.8 Å². The largest absolute Gasteiger partial charge is 0.396 e. The van der Waals surface area contributed by atoms with Crippen LogP contribution < -0.4 is 5.43 Å². The summed E-state index contributed by atoms with van der Waals surface area (Å²) in [4.78, 5) is 32.5. The number of ether oxygens (including phenoxy) is 1. The summed E-state index contributed by atoms with van der Waals surface area (Å²) in [5, 5.41) is 10.4. The number of likely N-dealkylation sites (tertiary alicyclic amines) is 1. The van der Waals surface area contributed by atoms with Gasteiger partial charge in [-0.05, 0) is 18.1 Å². The van der Waals surface area contributed by atoms with Crippen molar-refractivity contribution in [2.75, 3.05) is 52.5 Å². The smallest absolute Gasteiger partial charge is 0.270 e. The highest BCUT2D eigenvalue weighted by Gasteiger charge is 2.36. The number of carbonyl (C=O) groups excluding carboxylic acids is 1. The number of aliphatic hydroxyl groups excluding tert-OH is 1. The second-order valence-electron chi connectivity index (χ2n) is 7.42. The Hall–Kier alpha value is -2.22. The maximum atomic E-state index is 13.0. The van der Waals surface area contributed by atoms with Crippen LogP contribution in [0, 0.1) is 11.8 Å². The van der Waals surface area contributed by atoms with E-state index in [4.69, 9.17) is 4.74 Å². The minimum Gasteiger partial charge on any atom is -0.396 e. The van der Waals surface area contributed by atoms with E-state index in [1.807, 2.05) is 12.1 Å². The molecular formula is C20H25N3O4. The van der Waals surface area contributed by atoms with Gasteiger partial charge < -0.3 is 19.7 Å². The fourth-order valence-electron chi connectivity index (χ4n) is 4.12. The van der Waals surface area contributed by atoms with Gasteiger partial charge in [0.1, 0.15) is 5.69 Å². The van der Waals surface area contributed by atoms with Crippen LogP contribution in [0.5, 0.6) is 0 Å². The van der Waals surface area contributed by atoms with Crippen LogP contribution in [0.15, 0.2) is 35.1 Å². The molecule has 0 saturated carbocycles. The van der Waals surface area contributed by atoms with Gasteiger partial charge in [-0.15, -0.1) is 0 Å². The van der Waals surface area contributed by atoms with E-state index >= 15 is 0 Å². The first-order valence-corrected chi connectivity index (χ1v) is 9.48. The number of para-hydroxylation sites is 1. The number of nitrogens with zero attached hydrogens (tertiary/aromatic N) is 2. The third kappa shape index (κ3) is 3.76. The van der Waals surface area contributed by atoms with Gasteiger partial charge in [0.25, 0.3) is 5.91 Å². The Labute approximate surface area is 157 Å². The van der Waals surface area contributed by atoms with Gasteiger partial charge in [-0.25, -0.2) is 0 Å². The van der Waals surface area contributed by atoms with Gasteiger partial charge in [-0.2, -0.15) is 0 Å². The first kappa shape index (κ1) is 18.2. The Kier molecular flexibility index (Phi) is 5.24. The zero-order chi connectivity index (χ0) is 18.8. The van der Waals surface area contributed by atoms with Crippen molar-refractivity contribution in [2.24, 2.45) is 11.8 Å². The van der Waals surface area contributed by atoms with E-state index < -0.39 is 0 Å². The quantitative estimate of drug-likeness (QED) is 0.819. The number of aromatic nitrogens is 1. The molecule has 0 aliphatic carbocycles. The number of hydrogen-bond donors (Lipinski definition) is 2. The fourth-order valence-corrected chi connectivity index (χ4v) is 4.12. The summed E-state index contributed by atoms with van der Waals surface area (Å²) < 4.78 is 5.39. The first-order chi connectivity index (χ1) is 13.2. The van der Waals surface area contributed by atoms with Crippen molar-refractivity contribution in [3.05, 3.63) is 46.2 Å². The molecule has 3 heterocycles. The predicted molar refractivity (Wildman–Crippen MR) is 102 cm³/mol. The lowest BCUT2D eigenvalue weighted by atomic mass is 9.96. The summed E-state index contributed by atoms with van der Waals surface area (Å²) in [5.41, 5.74) is 0.814. The SMILES string of the molecule is O=C(c1cc(=O)c2ccccc2[nH]1)N1C[C@@H](CN2CCOCC2)[C@@H](CO)C1. The van der Waals surface area contributed by atoms with E-state index in [1.165, 1.54) is 6.07 Å². The summed E-state index contributed by atoms with van der Waals surface area (Å²) in [6.07, 6.45) is 0. The summed E-state index contributed by atoms with van der Waals surface area (Å²) in [6.45, 7) is 5.27. The van der Waals surface area contributed by atoms with Crippen LogP contribution in [0.2, 0.25) is 0 Å². The highest BCUT2D eigenvalue weighted by molar-refractivity contribution is 5.95. The number of hydrogen-bond acceptors (Lipinski definition) is 5. The zero-order valence-corrected chi connectivity index (χ0v) is 15.3. The third-order valence-electron chi connectivity index (χ3n) is 5.66. The lowest BCUT2D eigenvalue weighted by molar-refractivity contribution is 0.0264. The Balaban J connectivity index is 1.51. The number of aliphatic hydroxyl groups is 1. The number of rotatable bonds is 4. The molecule has 2 aliphatic heterocycles. The van der Waals surface area contributed by atoms with Crippen molar-refractivity contribution in [2.45, 2.75) is 0 Å². The van der Waals surface area contributed by atoms with Crippen molar-refractivity contribution in [3.8, 4) is 0 Å². The number of pyridine rings is 1. The molecule has 2 aromatic rings. The first-order valence-electron chi connectivity index (χ1n) is 9.48. The van der Waals surface area contributed by atoms with Crippen LogP contribution in [0.4, 0.5) is 0 Å². The molecule has 1 aromatic heterocycles. The molecule has 0 spiro atoms. The van der Waals surface area contributed by atoms with Crippen molar-refractivity contribution in [3.63, 3.8) is 0 Å². The second-order valence-corrected chi connectivity index (χ2v) is 7.42. The van der Waals surface area contributed by atoms with E-state index in [9.17, 15) is 14.7 Å². The molecule has 2 saturated heterocycles. The molecule has 144 valence electrons. The number of aromatic amines is 1. The fraction of sp³-hybridized carbons (Fsp3) is 0.500. The Bertz CT molecular complexity index is 875. The van der Waals surface area contributed by atoms with Crippen LogP contribution in [0.25, 0.3) is 10.9 Å². The van der Waals surface area contributed by atoms with E-state index in [-0.39, 0.29) is 29.8 Å². The number of fused-ring (bicyclic) bond motifs is 1. The van der Waals surface area contributed by atoms with E-state index in [2.05, 4.69) is 9.88 Å². The summed E-state index contributed by atoms with van der Waals surface area (Å²) >= 11 is 0. The lowest BCUT2D eigenvalue weighted by Gasteiger charge is -2.30. The van der Waals surface area contributed by atoms with Crippen LogP contribution >= 0.6 is 0 Å². The van der Waals surface area contributed by atoms with Gasteiger partial charge in [0.05, 0.1) is 13.2 Å². The summed E-state index contributed by atoms with van der Waals surface area (Å²) in [5.74, 6) is 0.106. The molecule has 1 amide bonds. The number of carbonyl (C=O) groups is 1. The van der Waals surface area contributed by atoms with Crippen molar-refractivity contribution in [1.82, 2.24) is 14.8 Å². The minimum absolute atomic E-state index is 0.0592. The van der Waals surface area contributed by atoms with Crippen LogP contribution in [0.1, 0.15) is 10.5 Å². The average molecular weight is 371 g/mol. The number of amides is 1. The van der Waals surface area contributed by atoms with Crippen LogP contribution in [0.3, 0.4) is 0 Å². The van der Waals surface area contributed by atoms with E-state index in [1.54, 1.807) is 17.0 Å². The standard InChI is InChI=1S/C20H25N3O4/c24-13-15-12-23(11-14(15)10-22-5-7-27-8-6-22)20(26)18-9-19(25)16-3-1-2-4-17(16)21-18/h1-4,9,14-15,24H,5-8,10-13H2,(H,21,25)/t14-,15-/m1/s1. The normalized spacial score (nSPS) is 23.8. The monoisotopic (exact) mass is 371 g/mol. The highest BCUT2D eigenvalue weighted by Crippen LogP contribution is 2.26. The molecule has 2 N–H and O–H groups in total. The molecule has 27 heavy (non-hydrogen) atoms. The van der Waals surface area contributed by atoms with Gasteiger partial charge in [-0.3, -0.25) is 14.5 Å². The molecule has 1 aromatic carbocycles. The number of H-pyrrole nitrogens is 1.